The molecule has 0 aliphatic heterocycles. The summed E-state index contributed by atoms with van der Waals surface area (Å²) in [5, 5.41) is 8.23. The Labute approximate surface area is 99.5 Å². The molecule has 0 fully saturated rings. The number of aromatic nitrogens is 2. The van der Waals surface area contributed by atoms with Gasteiger partial charge in [-0.1, -0.05) is 15.9 Å². The van der Waals surface area contributed by atoms with Crippen molar-refractivity contribution < 1.29 is 0 Å². The molecule has 0 unspecified atom stereocenters. The van der Waals surface area contributed by atoms with Gasteiger partial charge in [0.1, 0.15) is 9.22 Å². The van der Waals surface area contributed by atoms with Crippen LogP contribution in [0.15, 0.2) is 21.1 Å². The Morgan fingerprint density at radius 2 is 2.08 bits per heavy atom. The second-order valence-electron chi connectivity index (χ2n) is 2.32. The molecule has 0 spiro atoms. The van der Waals surface area contributed by atoms with Gasteiger partial charge in [0.05, 0.1) is 0 Å². The normalized spacial score (nSPS) is 10.9. The maximum absolute atomic E-state index is 4.16. The first-order valence-corrected chi connectivity index (χ1v) is 5.83. The van der Waals surface area contributed by atoms with Crippen LogP contribution in [0, 0.1) is 3.70 Å². The van der Waals surface area contributed by atoms with E-state index in [9.17, 15) is 0 Å². The zero-order valence-corrected chi connectivity index (χ0v) is 11.1. The van der Waals surface area contributed by atoms with Gasteiger partial charge in [-0.05, 0) is 50.7 Å². The zero-order chi connectivity index (χ0) is 8.72. The second kappa shape index (κ2) is 3.26. The van der Waals surface area contributed by atoms with Crippen LogP contribution in [0.3, 0.4) is 0 Å². The Hall–Kier alpha value is 0.380. The largest absolute Gasteiger partial charge is 0.271 e. The number of fused-ring (bicyclic) bond motifs is 1. The summed E-state index contributed by atoms with van der Waals surface area (Å²) in [6, 6.07) is 4.03. The van der Waals surface area contributed by atoms with Crippen LogP contribution < -0.4 is 0 Å². The minimum Gasteiger partial charge on any atom is -0.271 e. The highest BCUT2D eigenvalue weighted by Crippen LogP contribution is 2.29. The third kappa shape index (κ3) is 1.42. The van der Waals surface area contributed by atoms with E-state index in [4.69, 9.17) is 0 Å². The summed E-state index contributed by atoms with van der Waals surface area (Å²) >= 11 is 9.10. The maximum atomic E-state index is 4.16. The van der Waals surface area contributed by atoms with Crippen molar-refractivity contribution in [3.8, 4) is 0 Å². The molecule has 1 aromatic carbocycles. The van der Waals surface area contributed by atoms with E-state index >= 15 is 0 Å². The topological polar surface area (TPSA) is 28.7 Å². The number of hydrogen-bond donors (Lipinski definition) is 1. The molecule has 0 amide bonds. The van der Waals surface area contributed by atoms with E-state index in [1.165, 1.54) is 0 Å². The Morgan fingerprint density at radius 3 is 2.83 bits per heavy atom. The predicted octanol–water partition coefficient (Wildman–Crippen LogP) is 3.69. The van der Waals surface area contributed by atoms with E-state index in [1.807, 2.05) is 12.1 Å². The van der Waals surface area contributed by atoms with E-state index in [0.717, 1.165) is 23.5 Å². The summed E-state index contributed by atoms with van der Waals surface area (Å²) in [7, 11) is 0. The lowest BCUT2D eigenvalue weighted by Gasteiger charge is -1.94. The van der Waals surface area contributed by atoms with E-state index in [2.05, 4.69) is 64.6 Å². The van der Waals surface area contributed by atoms with Crippen LogP contribution in [-0.2, 0) is 0 Å². The quantitative estimate of drug-likeness (QED) is 0.670. The van der Waals surface area contributed by atoms with Gasteiger partial charge >= 0.3 is 0 Å². The molecule has 1 N–H and O–H groups in total. The van der Waals surface area contributed by atoms with Crippen LogP contribution in [0.1, 0.15) is 0 Å². The Kier molecular flexibility index (Phi) is 2.44. The van der Waals surface area contributed by atoms with Gasteiger partial charge in [-0.3, -0.25) is 5.10 Å². The molecule has 1 aromatic heterocycles. The highest BCUT2D eigenvalue weighted by atomic mass is 127. The Bertz CT molecular complexity index is 438. The molecule has 2 nitrogen and oxygen atoms in total. The van der Waals surface area contributed by atoms with Crippen molar-refractivity contribution in [1.29, 1.82) is 0 Å². The molecule has 12 heavy (non-hydrogen) atoms. The molecule has 2 aromatic rings. The molecule has 0 saturated heterocycles. The van der Waals surface area contributed by atoms with Crippen molar-refractivity contribution in [3.05, 3.63) is 24.8 Å². The van der Waals surface area contributed by atoms with Gasteiger partial charge in [-0.25, -0.2) is 0 Å². The van der Waals surface area contributed by atoms with Crippen LogP contribution >= 0.6 is 54.5 Å². The molecule has 0 radical (unpaired) electrons. The SMILES string of the molecule is Brc1cc(Br)c2n[nH]c(I)c2c1. The van der Waals surface area contributed by atoms with Gasteiger partial charge in [0.15, 0.2) is 0 Å². The maximum Gasteiger partial charge on any atom is 0.107 e. The summed E-state index contributed by atoms with van der Waals surface area (Å²) < 4.78 is 3.12. The Morgan fingerprint density at radius 1 is 1.33 bits per heavy atom. The van der Waals surface area contributed by atoms with Crippen molar-refractivity contribution in [2.24, 2.45) is 0 Å². The molecular formula is C7H3Br2IN2. The van der Waals surface area contributed by atoms with Crippen LogP contribution in [0.25, 0.3) is 10.9 Å². The minimum absolute atomic E-state index is 0.975. The minimum atomic E-state index is 0.975. The number of hydrogen-bond acceptors (Lipinski definition) is 1. The first kappa shape index (κ1) is 8.96. The van der Waals surface area contributed by atoms with Gasteiger partial charge in [-0.15, -0.1) is 0 Å². The summed E-state index contributed by atoms with van der Waals surface area (Å²) in [6.45, 7) is 0. The fourth-order valence-electron chi connectivity index (χ4n) is 1.01. The standard InChI is InChI=1S/C7H3Br2IN2/c8-3-1-4-6(5(9)2-3)11-12-7(4)10/h1-2H,(H,11,12). The number of benzene rings is 1. The van der Waals surface area contributed by atoms with E-state index in [0.29, 0.717) is 0 Å². The zero-order valence-electron chi connectivity index (χ0n) is 5.74. The number of halogens is 3. The predicted molar refractivity (Wildman–Crippen MR) is 64.2 cm³/mol. The van der Waals surface area contributed by atoms with Crippen LogP contribution in [0.4, 0.5) is 0 Å². The van der Waals surface area contributed by atoms with Crippen LogP contribution in [0.2, 0.25) is 0 Å². The number of aromatic amines is 1. The molecule has 5 heteroatoms. The number of rotatable bonds is 0. The van der Waals surface area contributed by atoms with Crippen LogP contribution in [0.5, 0.6) is 0 Å². The van der Waals surface area contributed by atoms with Gasteiger partial charge in [0, 0.05) is 14.3 Å². The Balaban J connectivity index is 2.92. The molecule has 0 aliphatic rings. The molecule has 0 atom stereocenters. The van der Waals surface area contributed by atoms with Crippen molar-refractivity contribution in [2.45, 2.75) is 0 Å². The first-order chi connectivity index (χ1) is 5.68. The molecule has 2 rings (SSSR count). The number of nitrogens with one attached hydrogen (secondary N) is 1. The average molecular weight is 402 g/mol. The van der Waals surface area contributed by atoms with Crippen molar-refractivity contribution in [1.82, 2.24) is 10.2 Å². The highest BCUT2D eigenvalue weighted by Gasteiger charge is 2.06. The van der Waals surface area contributed by atoms with Crippen LogP contribution in [-0.4, -0.2) is 10.2 Å². The fourth-order valence-corrected chi connectivity index (χ4v) is 2.86. The van der Waals surface area contributed by atoms with E-state index in [1.54, 1.807) is 0 Å². The summed E-state index contributed by atoms with van der Waals surface area (Å²) in [5.74, 6) is 0. The van der Waals surface area contributed by atoms with Crippen molar-refractivity contribution >= 4 is 65.4 Å². The first-order valence-electron chi connectivity index (χ1n) is 3.17. The third-order valence-corrected chi connectivity index (χ3v) is 3.42. The van der Waals surface area contributed by atoms with Crippen molar-refractivity contribution in [3.63, 3.8) is 0 Å². The second-order valence-corrected chi connectivity index (χ2v) is 5.17. The average Bonchev–Trinajstić information content (AvgIpc) is 2.33. The summed E-state index contributed by atoms with van der Waals surface area (Å²) in [6.07, 6.45) is 0. The lowest BCUT2D eigenvalue weighted by atomic mass is 10.3. The molecule has 62 valence electrons. The van der Waals surface area contributed by atoms with Gasteiger partial charge in [0.2, 0.25) is 0 Å². The number of nitrogens with zero attached hydrogens (tertiary/aromatic N) is 1. The molecule has 1 heterocycles. The molecule has 0 saturated carbocycles. The molecule has 0 bridgehead atoms. The summed E-state index contributed by atoms with van der Waals surface area (Å²) in [5.41, 5.74) is 0.975. The van der Waals surface area contributed by atoms with E-state index in [-0.39, 0.29) is 0 Å². The lowest BCUT2D eigenvalue weighted by molar-refractivity contribution is 1.09. The van der Waals surface area contributed by atoms with E-state index < -0.39 is 0 Å². The lowest BCUT2D eigenvalue weighted by Crippen LogP contribution is -1.72. The highest BCUT2D eigenvalue weighted by molar-refractivity contribution is 14.1. The van der Waals surface area contributed by atoms with Gasteiger partial charge in [-0.2, -0.15) is 5.10 Å². The summed E-state index contributed by atoms with van der Waals surface area (Å²) in [4.78, 5) is 0. The van der Waals surface area contributed by atoms with Gasteiger partial charge < -0.3 is 0 Å². The van der Waals surface area contributed by atoms with Crippen molar-refractivity contribution in [2.75, 3.05) is 0 Å². The monoisotopic (exact) mass is 400 g/mol. The number of H-pyrrole nitrogens is 1. The molecule has 0 aliphatic carbocycles. The fraction of sp³-hybridized carbons (Fsp3) is 0. The smallest absolute Gasteiger partial charge is 0.107 e. The van der Waals surface area contributed by atoms with Gasteiger partial charge in [0.25, 0.3) is 0 Å². The molecular weight excluding hydrogens is 399 g/mol. The third-order valence-electron chi connectivity index (χ3n) is 1.53.